The summed E-state index contributed by atoms with van der Waals surface area (Å²) in [5.74, 6) is -0.897. The number of rotatable bonds is 11. The van der Waals surface area contributed by atoms with Crippen LogP contribution in [0.1, 0.15) is 62.6 Å². The molecule has 12 nitrogen and oxygen atoms in total. The average molecular weight is 605 g/mol. The third-order valence-corrected chi connectivity index (χ3v) is 6.12. The Balaban J connectivity index is 1.71. The number of aromatic nitrogens is 1. The summed E-state index contributed by atoms with van der Waals surface area (Å²) in [6.07, 6.45) is 1.14. The van der Waals surface area contributed by atoms with Crippen molar-refractivity contribution in [3.63, 3.8) is 0 Å². The van der Waals surface area contributed by atoms with Crippen molar-refractivity contribution in [3.8, 4) is 0 Å². The van der Waals surface area contributed by atoms with Gasteiger partial charge >= 0.3 is 18.1 Å². The molecule has 0 aliphatic rings. The lowest BCUT2D eigenvalue weighted by atomic mass is 10.0. The van der Waals surface area contributed by atoms with Crippen molar-refractivity contribution in [1.29, 1.82) is 0 Å². The van der Waals surface area contributed by atoms with Crippen molar-refractivity contribution in [2.75, 3.05) is 41.6 Å². The normalized spacial score (nSPS) is 11.5. The van der Waals surface area contributed by atoms with Crippen molar-refractivity contribution in [2.24, 2.45) is 0 Å². The molecule has 0 saturated carbocycles. The van der Waals surface area contributed by atoms with Crippen LogP contribution in [0.5, 0.6) is 0 Å². The maximum atomic E-state index is 13.0. The molecule has 2 aromatic carbocycles. The average Bonchev–Trinajstić information content (AvgIpc) is 2.96. The highest BCUT2D eigenvalue weighted by atomic mass is 16.6. The number of esters is 1. The minimum absolute atomic E-state index is 0.0694. The van der Waals surface area contributed by atoms with Gasteiger partial charge in [0.25, 0.3) is 5.91 Å². The van der Waals surface area contributed by atoms with Gasteiger partial charge in [0, 0.05) is 38.1 Å². The van der Waals surface area contributed by atoms with Gasteiger partial charge in [0.1, 0.15) is 11.3 Å². The quantitative estimate of drug-likeness (QED) is 0.196. The fraction of sp³-hybridized carbons (Fsp3) is 0.344. The number of anilines is 4. The van der Waals surface area contributed by atoms with Crippen LogP contribution < -0.4 is 26.2 Å². The van der Waals surface area contributed by atoms with Gasteiger partial charge in [-0.3, -0.25) is 19.9 Å². The second kappa shape index (κ2) is 15.4. The number of carbonyl (C=O) groups is 4. The monoisotopic (exact) mass is 604 g/mol. The Bertz CT molecular complexity index is 1430. The van der Waals surface area contributed by atoms with E-state index >= 15 is 0 Å². The molecule has 0 bridgehead atoms. The highest BCUT2D eigenvalue weighted by Gasteiger charge is 2.20. The molecule has 234 valence electrons. The molecule has 0 aliphatic heterocycles. The van der Waals surface area contributed by atoms with Gasteiger partial charge in [-0.1, -0.05) is 18.2 Å². The Morgan fingerprint density at radius 2 is 1.55 bits per heavy atom. The largest absolute Gasteiger partial charge is 0.466 e. The molecule has 3 aromatic rings. The van der Waals surface area contributed by atoms with Crippen molar-refractivity contribution in [1.82, 2.24) is 10.3 Å². The van der Waals surface area contributed by atoms with Crippen LogP contribution in [0.3, 0.4) is 0 Å². The number of urea groups is 1. The fourth-order valence-electron chi connectivity index (χ4n) is 4.03. The first-order valence-corrected chi connectivity index (χ1v) is 14.2. The molecular formula is C32H40N6O6. The molecule has 44 heavy (non-hydrogen) atoms. The first-order valence-electron chi connectivity index (χ1n) is 14.2. The summed E-state index contributed by atoms with van der Waals surface area (Å²) < 4.78 is 10.4. The van der Waals surface area contributed by atoms with Crippen LogP contribution in [0.4, 0.5) is 32.3 Å². The van der Waals surface area contributed by atoms with Crippen molar-refractivity contribution in [2.45, 2.75) is 52.2 Å². The van der Waals surface area contributed by atoms with Crippen molar-refractivity contribution in [3.05, 3.63) is 78.1 Å². The minimum atomic E-state index is -0.685. The molecule has 4 amide bonds. The van der Waals surface area contributed by atoms with Gasteiger partial charge in [0.05, 0.1) is 24.0 Å². The predicted molar refractivity (Wildman–Crippen MR) is 170 cm³/mol. The molecule has 0 saturated heterocycles. The molecule has 12 heteroatoms. The Labute approximate surface area is 257 Å². The molecule has 0 fully saturated rings. The number of nitrogens with zero attached hydrogens (tertiary/aromatic N) is 2. The number of hydrogen-bond donors (Lipinski definition) is 4. The summed E-state index contributed by atoms with van der Waals surface area (Å²) in [4.78, 5) is 56.5. The molecule has 1 atom stereocenters. The van der Waals surface area contributed by atoms with Crippen LogP contribution in [-0.4, -0.2) is 55.3 Å². The van der Waals surface area contributed by atoms with Gasteiger partial charge in [-0.15, -0.1) is 0 Å². The lowest BCUT2D eigenvalue weighted by Crippen LogP contribution is -2.33. The van der Waals surface area contributed by atoms with Crippen molar-refractivity contribution < 1.29 is 28.7 Å². The second-order valence-corrected chi connectivity index (χ2v) is 11.0. The minimum Gasteiger partial charge on any atom is -0.466 e. The van der Waals surface area contributed by atoms with E-state index in [9.17, 15) is 19.2 Å². The highest BCUT2D eigenvalue weighted by Crippen LogP contribution is 2.24. The highest BCUT2D eigenvalue weighted by molar-refractivity contribution is 6.05. The van der Waals surface area contributed by atoms with E-state index in [4.69, 9.17) is 9.47 Å². The smallest absolute Gasteiger partial charge is 0.412 e. The number of para-hydroxylation sites is 2. The molecular weight excluding hydrogens is 564 g/mol. The molecule has 1 heterocycles. The van der Waals surface area contributed by atoms with E-state index in [0.717, 1.165) is 5.69 Å². The first-order chi connectivity index (χ1) is 20.8. The van der Waals surface area contributed by atoms with Gasteiger partial charge in [0.2, 0.25) is 0 Å². The zero-order valence-electron chi connectivity index (χ0n) is 25.9. The van der Waals surface area contributed by atoms with E-state index in [1.165, 1.54) is 12.3 Å². The third-order valence-electron chi connectivity index (χ3n) is 6.12. The molecule has 1 aromatic heterocycles. The SMILES string of the molecule is CCOC(=O)CCC(NC(=O)Nc1ccc(N(C)C)cc1)c1ccc(C(=O)Nc2ccccc2NC(=O)OC(C)(C)C)nc1. The van der Waals surface area contributed by atoms with E-state index in [1.54, 1.807) is 70.2 Å². The number of carbonyl (C=O) groups excluding carboxylic acids is 4. The van der Waals surface area contributed by atoms with Gasteiger partial charge in [0.15, 0.2) is 0 Å². The van der Waals surface area contributed by atoms with Crippen LogP contribution in [0.25, 0.3) is 0 Å². The second-order valence-electron chi connectivity index (χ2n) is 11.0. The summed E-state index contributed by atoms with van der Waals surface area (Å²) in [6, 6.07) is 16.2. The maximum Gasteiger partial charge on any atom is 0.412 e. The Morgan fingerprint density at radius 3 is 2.11 bits per heavy atom. The molecule has 0 aliphatic carbocycles. The maximum absolute atomic E-state index is 13.0. The zero-order chi connectivity index (χ0) is 32.3. The van der Waals surface area contributed by atoms with Crippen LogP contribution in [0.15, 0.2) is 66.9 Å². The van der Waals surface area contributed by atoms with Crippen LogP contribution in [-0.2, 0) is 14.3 Å². The van der Waals surface area contributed by atoms with Gasteiger partial charge in [-0.05, 0) is 82.1 Å². The molecule has 0 spiro atoms. The number of hydrogen-bond acceptors (Lipinski definition) is 8. The van der Waals surface area contributed by atoms with Crippen molar-refractivity contribution >= 4 is 46.8 Å². The number of ether oxygens (including phenoxy) is 2. The van der Waals surface area contributed by atoms with Crippen LogP contribution in [0.2, 0.25) is 0 Å². The number of amides is 4. The number of nitrogens with one attached hydrogen (secondary N) is 4. The summed E-state index contributed by atoms with van der Waals surface area (Å²) in [6.45, 7) is 7.24. The first kappa shape index (κ1) is 33.4. The van der Waals surface area contributed by atoms with E-state index in [-0.39, 0.29) is 31.1 Å². The molecule has 3 rings (SSSR count). The fourth-order valence-corrected chi connectivity index (χ4v) is 4.03. The van der Waals surface area contributed by atoms with Crippen LogP contribution >= 0.6 is 0 Å². The van der Waals surface area contributed by atoms with E-state index < -0.39 is 29.7 Å². The lowest BCUT2D eigenvalue weighted by Gasteiger charge is -2.20. The molecule has 4 N–H and O–H groups in total. The Morgan fingerprint density at radius 1 is 0.886 bits per heavy atom. The number of benzene rings is 2. The standard InChI is InChI=1S/C32H40N6O6/c1-7-43-28(39)19-18-24(36-30(41)34-22-13-15-23(16-14-22)38(5)6)21-12-17-27(33-20-21)29(40)35-25-10-8-9-11-26(25)37-31(42)44-32(2,3)4/h8-17,20,24H,7,18-19H2,1-6H3,(H,35,40)(H,37,42)(H2,34,36,41). The summed E-state index contributed by atoms with van der Waals surface area (Å²) in [7, 11) is 3.85. The number of pyridine rings is 1. The third kappa shape index (κ3) is 10.6. The van der Waals surface area contributed by atoms with Crippen LogP contribution in [0, 0.1) is 0 Å². The Kier molecular flexibility index (Phi) is 11.7. The zero-order valence-corrected chi connectivity index (χ0v) is 25.9. The van der Waals surface area contributed by atoms with Gasteiger partial charge in [-0.2, -0.15) is 0 Å². The van der Waals surface area contributed by atoms with E-state index in [2.05, 4.69) is 26.3 Å². The van der Waals surface area contributed by atoms with Gasteiger partial charge in [-0.25, -0.2) is 9.59 Å². The molecule has 0 radical (unpaired) electrons. The topological polar surface area (TPSA) is 151 Å². The van der Waals surface area contributed by atoms with Gasteiger partial charge < -0.3 is 30.3 Å². The Hall–Kier alpha value is -5.13. The lowest BCUT2D eigenvalue weighted by molar-refractivity contribution is -0.143. The predicted octanol–water partition coefficient (Wildman–Crippen LogP) is 5.95. The van der Waals surface area contributed by atoms with E-state index in [0.29, 0.717) is 22.6 Å². The summed E-state index contributed by atoms with van der Waals surface area (Å²) in [5, 5.41) is 11.1. The molecule has 1 unspecified atom stereocenters. The summed E-state index contributed by atoms with van der Waals surface area (Å²) >= 11 is 0. The summed E-state index contributed by atoms with van der Waals surface area (Å²) in [5.41, 5.74) is 2.32. The van der Waals surface area contributed by atoms with E-state index in [1.807, 2.05) is 31.1 Å².